The van der Waals surface area contributed by atoms with E-state index >= 15 is 0 Å². The van der Waals surface area contributed by atoms with Gasteiger partial charge in [-0.3, -0.25) is 9.48 Å². The Morgan fingerprint density at radius 1 is 1.31 bits per heavy atom. The van der Waals surface area contributed by atoms with Crippen LogP contribution in [0.25, 0.3) is 28.5 Å². The van der Waals surface area contributed by atoms with Gasteiger partial charge in [-0.2, -0.15) is 10.4 Å². The molecule has 2 aromatic heterocycles. The molecule has 0 bridgehead atoms. The standard InChI is InChI=1S/C22H23N5O2/c1-14-19-20(27(26-14)16-8-4-3-5-9-16)22(28)25-21(24-19)17-11-10-15(7-6-12-23)13-18(17)29-2/h6-7,10-11,13,16H,3-5,8-9H2,1-2H3,(H,24,25,28). The molecule has 0 atom stereocenters. The fraction of sp³-hybridized carbons (Fsp3) is 0.364. The molecular weight excluding hydrogens is 366 g/mol. The highest BCUT2D eigenvalue weighted by molar-refractivity contribution is 5.80. The molecule has 3 aromatic rings. The van der Waals surface area contributed by atoms with Gasteiger partial charge in [0.05, 0.1) is 30.5 Å². The predicted octanol–water partition coefficient (Wildman–Crippen LogP) is 4.15. The third kappa shape index (κ3) is 3.54. The Morgan fingerprint density at radius 3 is 2.83 bits per heavy atom. The lowest BCUT2D eigenvalue weighted by Gasteiger charge is -2.22. The molecule has 0 unspecified atom stereocenters. The number of hydrogen-bond donors (Lipinski definition) is 1. The van der Waals surface area contributed by atoms with Crippen molar-refractivity contribution < 1.29 is 4.74 Å². The number of aromatic nitrogens is 4. The molecule has 7 heteroatoms. The molecule has 7 nitrogen and oxygen atoms in total. The van der Waals surface area contributed by atoms with Crippen LogP contribution in [0.2, 0.25) is 0 Å². The molecule has 0 saturated heterocycles. The fourth-order valence-corrected chi connectivity index (χ4v) is 4.05. The molecule has 0 spiro atoms. The summed E-state index contributed by atoms with van der Waals surface area (Å²) in [5, 5.41) is 13.4. The lowest BCUT2D eigenvalue weighted by Crippen LogP contribution is -2.19. The number of fused-ring (bicyclic) bond motifs is 1. The van der Waals surface area contributed by atoms with Crippen molar-refractivity contribution in [1.82, 2.24) is 19.7 Å². The molecular formula is C22H23N5O2. The third-order valence-electron chi connectivity index (χ3n) is 5.48. The zero-order chi connectivity index (χ0) is 20.4. The van der Waals surface area contributed by atoms with Gasteiger partial charge in [-0.1, -0.05) is 25.3 Å². The van der Waals surface area contributed by atoms with E-state index in [-0.39, 0.29) is 11.6 Å². The molecule has 0 radical (unpaired) electrons. The molecule has 4 rings (SSSR count). The second kappa shape index (κ2) is 7.92. The lowest BCUT2D eigenvalue weighted by atomic mass is 9.95. The van der Waals surface area contributed by atoms with E-state index in [0.29, 0.717) is 28.2 Å². The SMILES string of the molecule is COc1cc(C=CC#N)ccc1-c1nc2c(C)nn(C3CCCCC3)c2c(=O)[nH]1. The number of H-pyrrole nitrogens is 1. The summed E-state index contributed by atoms with van der Waals surface area (Å²) < 4.78 is 7.38. The molecule has 0 aliphatic heterocycles. The summed E-state index contributed by atoms with van der Waals surface area (Å²) in [6.07, 6.45) is 8.77. The van der Waals surface area contributed by atoms with E-state index in [1.807, 2.05) is 35.9 Å². The van der Waals surface area contributed by atoms with Crippen LogP contribution in [0.4, 0.5) is 0 Å². The first-order valence-electron chi connectivity index (χ1n) is 9.86. The second-order valence-electron chi connectivity index (χ2n) is 7.36. The minimum Gasteiger partial charge on any atom is -0.496 e. The van der Waals surface area contributed by atoms with E-state index in [9.17, 15) is 4.79 Å². The van der Waals surface area contributed by atoms with Gasteiger partial charge in [0.1, 0.15) is 17.1 Å². The van der Waals surface area contributed by atoms with E-state index in [4.69, 9.17) is 15.0 Å². The zero-order valence-electron chi connectivity index (χ0n) is 16.6. The van der Waals surface area contributed by atoms with Crippen molar-refractivity contribution in [1.29, 1.82) is 5.26 Å². The molecule has 1 aliphatic carbocycles. The summed E-state index contributed by atoms with van der Waals surface area (Å²) in [5.74, 6) is 1.02. The van der Waals surface area contributed by atoms with Gasteiger partial charge in [0.2, 0.25) is 0 Å². The van der Waals surface area contributed by atoms with Gasteiger partial charge in [-0.05, 0) is 43.5 Å². The maximum atomic E-state index is 13.0. The van der Waals surface area contributed by atoms with Crippen molar-refractivity contribution >= 4 is 17.1 Å². The number of rotatable bonds is 4. The number of nitrogens with one attached hydrogen (secondary N) is 1. The second-order valence-corrected chi connectivity index (χ2v) is 7.36. The summed E-state index contributed by atoms with van der Waals surface area (Å²) >= 11 is 0. The number of allylic oxidation sites excluding steroid dienone is 1. The Morgan fingerprint density at radius 2 is 2.10 bits per heavy atom. The quantitative estimate of drug-likeness (QED) is 0.676. The number of methoxy groups -OCH3 is 1. The average molecular weight is 389 g/mol. The molecule has 1 aromatic carbocycles. The van der Waals surface area contributed by atoms with Crippen LogP contribution in [-0.2, 0) is 0 Å². The molecule has 1 aliphatic rings. The number of nitrogens with zero attached hydrogens (tertiary/aromatic N) is 4. The minimum atomic E-state index is -0.188. The largest absolute Gasteiger partial charge is 0.496 e. The van der Waals surface area contributed by atoms with Crippen LogP contribution >= 0.6 is 0 Å². The summed E-state index contributed by atoms with van der Waals surface area (Å²) in [6, 6.07) is 7.73. The topological polar surface area (TPSA) is 96.6 Å². The number of ether oxygens (including phenoxy) is 1. The summed E-state index contributed by atoms with van der Waals surface area (Å²) in [7, 11) is 1.57. The Labute approximate surface area is 168 Å². The Balaban J connectivity index is 1.82. The van der Waals surface area contributed by atoms with Gasteiger partial charge in [-0.15, -0.1) is 0 Å². The van der Waals surface area contributed by atoms with Crippen molar-refractivity contribution in [3.63, 3.8) is 0 Å². The number of nitriles is 1. The molecule has 1 fully saturated rings. The van der Waals surface area contributed by atoms with Gasteiger partial charge in [0, 0.05) is 6.08 Å². The molecule has 1 saturated carbocycles. The smallest absolute Gasteiger partial charge is 0.277 e. The summed E-state index contributed by atoms with van der Waals surface area (Å²) in [5.41, 5.74) is 3.26. The van der Waals surface area contributed by atoms with Gasteiger partial charge in [-0.25, -0.2) is 4.98 Å². The van der Waals surface area contributed by atoms with Gasteiger partial charge >= 0.3 is 0 Å². The average Bonchev–Trinajstić information content (AvgIpc) is 3.09. The maximum absolute atomic E-state index is 13.0. The van der Waals surface area contributed by atoms with Crippen LogP contribution in [0.5, 0.6) is 5.75 Å². The van der Waals surface area contributed by atoms with Crippen LogP contribution < -0.4 is 10.3 Å². The summed E-state index contributed by atoms with van der Waals surface area (Å²) in [4.78, 5) is 20.7. The number of aryl methyl sites for hydroxylation is 1. The number of benzene rings is 1. The third-order valence-corrected chi connectivity index (χ3v) is 5.48. The van der Waals surface area contributed by atoms with E-state index in [2.05, 4.69) is 10.1 Å². The van der Waals surface area contributed by atoms with Crippen molar-refractivity contribution in [2.75, 3.05) is 7.11 Å². The van der Waals surface area contributed by atoms with Crippen LogP contribution in [0.3, 0.4) is 0 Å². The van der Waals surface area contributed by atoms with Crippen LogP contribution in [0, 0.1) is 18.3 Å². The molecule has 2 heterocycles. The van der Waals surface area contributed by atoms with Gasteiger partial charge < -0.3 is 9.72 Å². The summed E-state index contributed by atoms with van der Waals surface area (Å²) in [6.45, 7) is 1.89. The Bertz CT molecular complexity index is 1180. The highest BCUT2D eigenvalue weighted by Crippen LogP contribution is 2.32. The van der Waals surface area contributed by atoms with Crippen molar-refractivity contribution in [2.45, 2.75) is 45.1 Å². The van der Waals surface area contributed by atoms with E-state index in [1.165, 1.54) is 12.5 Å². The fourth-order valence-electron chi connectivity index (χ4n) is 4.05. The molecule has 0 amide bonds. The first-order valence-corrected chi connectivity index (χ1v) is 9.86. The minimum absolute atomic E-state index is 0.188. The van der Waals surface area contributed by atoms with Crippen molar-refractivity contribution in [3.8, 4) is 23.2 Å². The normalized spacial score (nSPS) is 15.1. The van der Waals surface area contributed by atoms with Crippen LogP contribution in [-0.4, -0.2) is 26.9 Å². The zero-order valence-corrected chi connectivity index (χ0v) is 16.6. The number of aromatic amines is 1. The van der Waals surface area contributed by atoms with Crippen molar-refractivity contribution in [3.05, 3.63) is 45.9 Å². The first kappa shape index (κ1) is 18.9. The lowest BCUT2D eigenvalue weighted by molar-refractivity contribution is 0.336. The van der Waals surface area contributed by atoms with E-state index < -0.39 is 0 Å². The van der Waals surface area contributed by atoms with Crippen LogP contribution in [0.15, 0.2) is 29.1 Å². The number of hydrogen-bond acceptors (Lipinski definition) is 5. The van der Waals surface area contributed by atoms with Crippen LogP contribution in [0.1, 0.15) is 49.4 Å². The first-order chi connectivity index (χ1) is 14.1. The monoisotopic (exact) mass is 389 g/mol. The maximum Gasteiger partial charge on any atom is 0.277 e. The predicted molar refractivity (Wildman–Crippen MR) is 112 cm³/mol. The molecule has 29 heavy (non-hydrogen) atoms. The Kier molecular flexibility index (Phi) is 5.17. The van der Waals surface area contributed by atoms with Gasteiger partial charge in [0.25, 0.3) is 5.56 Å². The highest BCUT2D eigenvalue weighted by Gasteiger charge is 2.23. The Hall–Kier alpha value is -3.40. The highest BCUT2D eigenvalue weighted by atomic mass is 16.5. The molecule has 148 valence electrons. The molecule has 1 N–H and O–H groups in total. The van der Waals surface area contributed by atoms with E-state index in [0.717, 1.165) is 36.9 Å². The van der Waals surface area contributed by atoms with Crippen molar-refractivity contribution in [2.24, 2.45) is 0 Å². The van der Waals surface area contributed by atoms with E-state index in [1.54, 1.807) is 13.2 Å². The van der Waals surface area contributed by atoms with Gasteiger partial charge in [0.15, 0.2) is 5.52 Å².